The van der Waals surface area contributed by atoms with Crippen LogP contribution in [0.3, 0.4) is 0 Å². The fourth-order valence-electron chi connectivity index (χ4n) is 1.64. The summed E-state index contributed by atoms with van der Waals surface area (Å²) in [5.41, 5.74) is 5.39. The highest BCUT2D eigenvalue weighted by atomic mass is 31.1. The van der Waals surface area contributed by atoms with Gasteiger partial charge in [-0.2, -0.15) is 0 Å². The van der Waals surface area contributed by atoms with Crippen LogP contribution >= 0.6 is 8.58 Å². The second-order valence-electron chi connectivity index (χ2n) is 4.40. The first-order valence-electron chi connectivity index (χ1n) is 5.45. The van der Waals surface area contributed by atoms with Gasteiger partial charge in [0.05, 0.1) is 0 Å². The third kappa shape index (κ3) is 2.69. The van der Waals surface area contributed by atoms with Gasteiger partial charge in [-0.3, -0.25) is 0 Å². The molecule has 0 nitrogen and oxygen atoms in total. The van der Waals surface area contributed by atoms with Crippen molar-refractivity contribution in [1.29, 1.82) is 0 Å². The molecule has 0 aromatic heterocycles. The van der Waals surface area contributed by atoms with Crippen LogP contribution in [0, 0.1) is 19.8 Å². The van der Waals surface area contributed by atoms with E-state index in [9.17, 15) is 0 Å². The number of aryl methyl sites for hydroxylation is 1. The molecule has 0 bridgehead atoms. The van der Waals surface area contributed by atoms with Crippen molar-refractivity contribution in [2.24, 2.45) is 5.92 Å². The predicted molar refractivity (Wildman–Crippen MR) is 73.7 cm³/mol. The number of benzene rings is 1. The topological polar surface area (TPSA) is 0 Å². The van der Waals surface area contributed by atoms with Crippen LogP contribution in [0.4, 0.5) is 0 Å². The van der Waals surface area contributed by atoms with Gasteiger partial charge in [0.15, 0.2) is 0 Å². The Bertz CT molecular complexity index is 375. The van der Waals surface area contributed by atoms with Crippen LogP contribution in [-0.4, -0.2) is 6.66 Å². The molecule has 1 aromatic rings. The van der Waals surface area contributed by atoms with E-state index >= 15 is 0 Å². The summed E-state index contributed by atoms with van der Waals surface area (Å²) >= 11 is 0. The zero-order valence-electron chi connectivity index (χ0n) is 10.4. The smallest absolute Gasteiger partial charge is 0.0219 e. The monoisotopic (exact) mass is 220 g/mol. The number of hydrogen-bond acceptors (Lipinski definition) is 0. The van der Waals surface area contributed by atoms with E-state index in [1.165, 1.54) is 27.6 Å². The molecule has 0 amide bonds. The molecular formula is C14H21P. The van der Waals surface area contributed by atoms with Crippen molar-refractivity contribution in [3.8, 4) is 0 Å². The van der Waals surface area contributed by atoms with Crippen LogP contribution in [0.5, 0.6) is 0 Å². The molecule has 0 radical (unpaired) electrons. The molecule has 0 saturated heterocycles. The summed E-state index contributed by atoms with van der Waals surface area (Å²) in [4.78, 5) is 0. The van der Waals surface area contributed by atoms with Crippen molar-refractivity contribution >= 4 is 19.5 Å². The minimum Gasteiger partial charge on any atom is -0.0950 e. The fraction of sp³-hybridized carbons (Fsp3) is 0.429. The SMILES string of the molecule is C=C(c1cc(C)c(C)c(PC)c1)C(C)C. The average Bonchev–Trinajstić information content (AvgIpc) is 2.20. The molecule has 1 aromatic carbocycles. The molecule has 0 fully saturated rings. The summed E-state index contributed by atoms with van der Waals surface area (Å²) in [6, 6.07) is 4.57. The lowest BCUT2D eigenvalue weighted by atomic mass is 9.94. The minimum atomic E-state index is 0.528. The molecule has 15 heavy (non-hydrogen) atoms. The molecule has 0 aliphatic rings. The zero-order valence-corrected chi connectivity index (χ0v) is 11.4. The van der Waals surface area contributed by atoms with Crippen molar-refractivity contribution in [2.45, 2.75) is 27.7 Å². The predicted octanol–water partition coefficient (Wildman–Crippen LogP) is 3.91. The number of hydrogen-bond donors (Lipinski definition) is 0. The first-order valence-corrected chi connectivity index (χ1v) is 6.95. The number of rotatable bonds is 3. The molecule has 0 aliphatic carbocycles. The van der Waals surface area contributed by atoms with Crippen LogP contribution in [0.2, 0.25) is 0 Å². The van der Waals surface area contributed by atoms with Gasteiger partial charge in [-0.1, -0.05) is 35.1 Å². The maximum atomic E-state index is 4.17. The molecule has 1 unspecified atom stereocenters. The van der Waals surface area contributed by atoms with E-state index in [0.29, 0.717) is 5.92 Å². The number of allylic oxidation sites excluding steroid dienone is 1. The fourth-order valence-corrected chi connectivity index (χ4v) is 2.51. The van der Waals surface area contributed by atoms with Crippen molar-refractivity contribution < 1.29 is 0 Å². The van der Waals surface area contributed by atoms with Gasteiger partial charge in [-0.15, -0.1) is 0 Å². The van der Waals surface area contributed by atoms with Gasteiger partial charge >= 0.3 is 0 Å². The standard InChI is InChI=1S/C14H21P/c1-9(2)11(4)13-7-10(3)12(5)14(8-13)15-6/h7-9,15H,4H2,1-3,5-6H3. The largest absolute Gasteiger partial charge is 0.0950 e. The minimum absolute atomic E-state index is 0.528. The van der Waals surface area contributed by atoms with Gasteiger partial charge in [-0.05, 0) is 60.1 Å². The molecular weight excluding hydrogens is 199 g/mol. The van der Waals surface area contributed by atoms with E-state index in [0.717, 1.165) is 8.58 Å². The molecule has 82 valence electrons. The first kappa shape index (κ1) is 12.5. The summed E-state index contributed by atoms with van der Waals surface area (Å²) in [5.74, 6) is 0.528. The van der Waals surface area contributed by atoms with Crippen LogP contribution in [0.15, 0.2) is 18.7 Å². The van der Waals surface area contributed by atoms with E-state index in [-0.39, 0.29) is 0 Å². The molecule has 0 saturated carbocycles. The Morgan fingerprint density at radius 1 is 1.27 bits per heavy atom. The van der Waals surface area contributed by atoms with E-state index < -0.39 is 0 Å². The van der Waals surface area contributed by atoms with E-state index in [1.54, 1.807) is 0 Å². The van der Waals surface area contributed by atoms with Gasteiger partial charge in [0.25, 0.3) is 0 Å². The van der Waals surface area contributed by atoms with Gasteiger partial charge < -0.3 is 0 Å². The highest BCUT2D eigenvalue weighted by Gasteiger charge is 2.07. The Morgan fingerprint density at radius 2 is 1.87 bits per heavy atom. The van der Waals surface area contributed by atoms with Crippen LogP contribution in [-0.2, 0) is 0 Å². The third-order valence-electron chi connectivity index (χ3n) is 3.00. The molecule has 1 rings (SSSR count). The molecule has 0 spiro atoms. The lowest BCUT2D eigenvalue weighted by Crippen LogP contribution is -2.05. The van der Waals surface area contributed by atoms with Crippen LogP contribution in [0.1, 0.15) is 30.5 Å². The van der Waals surface area contributed by atoms with E-state index in [2.05, 4.69) is 53.1 Å². The lowest BCUT2D eigenvalue weighted by Gasteiger charge is -2.14. The highest BCUT2D eigenvalue weighted by molar-refractivity contribution is 7.46. The van der Waals surface area contributed by atoms with E-state index in [1.807, 2.05) is 0 Å². The Kier molecular flexibility index (Phi) is 4.11. The van der Waals surface area contributed by atoms with Gasteiger partial charge in [0.2, 0.25) is 0 Å². The van der Waals surface area contributed by atoms with Crippen molar-refractivity contribution in [3.05, 3.63) is 35.4 Å². The summed E-state index contributed by atoms with van der Waals surface area (Å²) < 4.78 is 0. The highest BCUT2D eigenvalue weighted by Crippen LogP contribution is 2.24. The molecule has 0 heterocycles. The van der Waals surface area contributed by atoms with Crippen molar-refractivity contribution in [3.63, 3.8) is 0 Å². The summed E-state index contributed by atoms with van der Waals surface area (Å²) in [7, 11) is 0.867. The second kappa shape index (κ2) is 4.94. The van der Waals surface area contributed by atoms with Crippen LogP contribution < -0.4 is 5.30 Å². The molecule has 0 N–H and O–H groups in total. The quantitative estimate of drug-likeness (QED) is 0.677. The average molecular weight is 220 g/mol. The summed E-state index contributed by atoms with van der Waals surface area (Å²) in [6.45, 7) is 15.2. The molecule has 1 heteroatoms. The van der Waals surface area contributed by atoms with Gasteiger partial charge in [0, 0.05) is 0 Å². The Hall–Kier alpha value is -0.610. The Balaban J connectivity index is 3.22. The normalized spacial score (nSPS) is 11.6. The van der Waals surface area contributed by atoms with Crippen molar-refractivity contribution in [2.75, 3.05) is 6.66 Å². The summed E-state index contributed by atoms with van der Waals surface area (Å²) in [5, 5.41) is 1.48. The third-order valence-corrected chi connectivity index (χ3v) is 4.06. The zero-order chi connectivity index (χ0) is 11.6. The Morgan fingerprint density at radius 3 is 2.33 bits per heavy atom. The lowest BCUT2D eigenvalue weighted by molar-refractivity contribution is 0.857. The maximum Gasteiger partial charge on any atom is -0.0219 e. The van der Waals surface area contributed by atoms with E-state index in [4.69, 9.17) is 0 Å². The van der Waals surface area contributed by atoms with Gasteiger partial charge in [0.1, 0.15) is 0 Å². The Labute approximate surface area is 95.6 Å². The second-order valence-corrected chi connectivity index (χ2v) is 5.43. The van der Waals surface area contributed by atoms with Gasteiger partial charge in [-0.25, -0.2) is 0 Å². The van der Waals surface area contributed by atoms with Crippen molar-refractivity contribution in [1.82, 2.24) is 0 Å². The first-order chi connectivity index (χ1) is 6.97. The molecule has 0 aliphatic heterocycles. The van der Waals surface area contributed by atoms with Crippen LogP contribution in [0.25, 0.3) is 5.57 Å². The molecule has 1 atom stereocenters. The maximum absolute atomic E-state index is 4.17. The summed E-state index contributed by atoms with van der Waals surface area (Å²) in [6.07, 6.45) is 0.